The smallest absolute Gasteiger partial charge is 0.148 e. The quantitative estimate of drug-likeness (QED) is 0.437. The fraction of sp³-hybridized carbons (Fsp3) is 0.143. The van der Waals surface area contributed by atoms with E-state index in [1.807, 2.05) is 6.07 Å². The maximum absolute atomic E-state index is 7.03. The maximum atomic E-state index is 7.03. The number of anilines is 1. The van der Waals surface area contributed by atoms with Gasteiger partial charge in [0.15, 0.2) is 0 Å². The van der Waals surface area contributed by atoms with Crippen molar-refractivity contribution < 1.29 is 0 Å². The first kappa shape index (κ1) is 7.68. The third-order valence-electron chi connectivity index (χ3n) is 1.24. The van der Waals surface area contributed by atoms with E-state index in [2.05, 4.69) is 15.8 Å². The lowest BCUT2D eigenvalue weighted by Crippen LogP contribution is -2.17. The normalized spacial score (nSPS) is 9.18. The molecule has 0 aromatic carbocycles. The van der Waals surface area contributed by atoms with Gasteiger partial charge in [0.1, 0.15) is 5.82 Å². The van der Waals surface area contributed by atoms with Crippen molar-refractivity contribution in [2.24, 2.45) is 0 Å². The van der Waals surface area contributed by atoms with Crippen LogP contribution < -0.4 is 10.9 Å². The number of nitrogens with one attached hydrogen (secondary N) is 3. The summed E-state index contributed by atoms with van der Waals surface area (Å²) >= 11 is 0. The van der Waals surface area contributed by atoms with E-state index in [4.69, 9.17) is 5.41 Å². The Morgan fingerprint density at radius 2 is 2.45 bits per heavy atom. The summed E-state index contributed by atoms with van der Waals surface area (Å²) in [5.41, 5.74) is 6.32. The molecule has 0 spiro atoms. The molecule has 0 fully saturated rings. The zero-order valence-corrected chi connectivity index (χ0v) is 6.26. The lowest BCUT2D eigenvalue weighted by Gasteiger charge is -2.04. The first-order valence-electron chi connectivity index (χ1n) is 3.26. The summed E-state index contributed by atoms with van der Waals surface area (Å²) in [6.07, 6.45) is 2.93. The van der Waals surface area contributed by atoms with Crippen molar-refractivity contribution in [3.05, 3.63) is 23.9 Å². The monoisotopic (exact) mass is 150 g/mol. The molecule has 0 saturated carbocycles. The van der Waals surface area contributed by atoms with Gasteiger partial charge in [-0.3, -0.25) is 0 Å². The van der Waals surface area contributed by atoms with Crippen LogP contribution in [-0.2, 0) is 0 Å². The van der Waals surface area contributed by atoms with Crippen LogP contribution >= 0.6 is 0 Å². The average Bonchev–Trinajstić information content (AvgIpc) is 2.06. The number of pyridine rings is 1. The van der Waals surface area contributed by atoms with Crippen LogP contribution in [-0.4, -0.2) is 18.2 Å². The summed E-state index contributed by atoms with van der Waals surface area (Å²) in [7, 11) is 1.75. The highest BCUT2D eigenvalue weighted by Crippen LogP contribution is 2.05. The summed E-state index contributed by atoms with van der Waals surface area (Å²) in [6.45, 7) is 0. The van der Waals surface area contributed by atoms with Gasteiger partial charge in [0.25, 0.3) is 0 Å². The van der Waals surface area contributed by atoms with Crippen molar-refractivity contribution in [1.29, 1.82) is 5.41 Å². The molecule has 1 heterocycles. The van der Waals surface area contributed by atoms with Gasteiger partial charge in [-0.15, -0.1) is 0 Å². The number of hydrogen-bond donors (Lipinski definition) is 3. The van der Waals surface area contributed by atoms with Crippen LogP contribution in [0.4, 0.5) is 5.82 Å². The van der Waals surface area contributed by atoms with Gasteiger partial charge in [0.2, 0.25) is 0 Å². The van der Waals surface area contributed by atoms with Crippen molar-refractivity contribution in [3.8, 4) is 0 Å². The molecule has 1 aromatic rings. The van der Waals surface area contributed by atoms with Crippen molar-refractivity contribution in [1.82, 2.24) is 10.4 Å². The Kier molecular flexibility index (Phi) is 2.57. The molecule has 1 rings (SSSR count). The standard InChI is InChI=1S/C7H10N4/c1-9-11-7-6(5-8)3-2-4-10-7/h2-5,8-9H,1H3,(H,10,11). The molecule has 0 aliphatic carbocycles. The number of rotatable bonds is 3. The maximum Gasteiger partial charge on any atom is 0.148 e. The highest BCUT2D eigenvalue weighted by molar-refractivity contribution is 5.83. The molecular formula is C7H10N4. The average molecular weight is 150 g/mol. The van der Waals surface area contributed by atoms with Crippen LogP contribution in [0.1, 0.15) is 5.56 Å². The van der Waals surface area contributed by atoms with Gasteiger partial charge in [-0.05, 0) is 12.1 Å². The minimum absolute atomic E-state index is 0.671. The van der Waals surface area contributed by atoms with Gasteiger partial charge in [0.05, 0.1) is 0 Å². The third kappa shape index (κ3) is 1.75. The zero-order chi connectivity index (χ0) is 8.10. The van der Waals surface area contributed by atoms with Crippen molar-refractivity contribution >= 4 is 12.0 Å². The van der Waals surface area contributed by atoms with E-state index >= 15 is 0 Å². The SMILES string of the molecule is CNNc1ncccc1C=N. The van der Waals surface area contributed by atoms with Crippen LogP contribution in [0.25, 0.3) is 0 Å². The summed E-state index contributed by atoms with van der Waals surface area (Å²) in [4.78, 5) is 4.01. The minimum atomic E-state index is 0.671. The van der Waals surface area contributed by atoms with E-state index in [0.717, 1.165) is 5.56 Å². The van der Waals surface area contributed by atoms with Crippen LogP contribution in [0.5, 0.6) is 0 Å². The lowest BCUT2D eigenvalue weighted by molar-refractivity contribution is 0.964. The number of aromatic nitrogens is 1. The second-order valence-electron chi connectivity index (χ2n) is 1.96. The predicted molar refractivity (Wildman–Crippen MR) is 44.8 cm³/mol. The highest BCUT2D eigenvalue weighted by atomic mass is 15.4. The van der Waals surface area contributed by atoms with Gasteiger partial charge in [-0.1, -0.05) is 0 Å². The zero-order valence-electron chi connectivity index (χ0n) is 6.26. The molecule has 0 unspecified atom stereocenters. The van der Waals surface area contributed by atoms with Crippen molar-refractivity contribution in [3.63, 3.8) is 0 Å². The largest absolute Gasteiger partial charge is 0.308 e. The predicted octanol–water partition coefficient (Wildman–Crippen LogP) is 0.626. The topological polar surface area (TPSA) is 60.8 Å². The summed E-state index contributed by atoms with van der Waals surface area (Å²) in [6, 6.07) is 3.61. The molecule has 0 bridgehead atoms. The molecule has 0 aliphatic heterocycles. The first-order valence-corrected chi connectivity index (χ1v) is 3.26. The minimum Gasteiger partial charge on any atom is -0.308 e. The van der Waals surface area contributed by atoms with Crippen molar-refractivity contribution in [2.75, 3.05) is 12.5 Å². The molecule has 4 heteroatoms. The second-order valence-corrected chi connectivity index (χ2v) is 1.96. The Morgan fingerprint density at radius 3 is 3.09 bits per heavy atom. The molecular weight excluding hydrogens is 140 g/mol. The lowest BCUT2D eigenvalue weighted by atomic mass is 10.3. The Balaban J connectivity index is 2.92. The molecule has 4 nitrogen and oxygen atoms in total. The molecule has 11 heavy (non-hydrogen) atoms. The molecule has 0 atom stereocenters. The molecule has 0 radical (unpaired) electrons. The first-order chi connectivity index (χ1) is 5.38. The van der Waals surface area contributed by atoms with Crippen LogP contribution in [0.3, 0.4) is 0 Å². The van der Waals surface area contributed by atoms with E-state index in [0.29, 0.717) is 5.82 Å². The van der Waals surface area contributed by atoms with E-state index < -0.39 is 0 Å². The fourth-order valence-electron chi connectivity index (χ4n) is 0.757. The third-order valence-corrected chi connectivity index (χ3v) is 1.24. The van der Waals surface area contributed by atoms with Gasteiger partial charge in [0, 0.05) is 25.0 Å². The highest BCUT2D eigenvalue weighted by Gasteiger charge is 1.95. The number of nitrogens with zero attached hydrogens (tertiary/aromatic N) is 1. The molecule has 0 saturated heterocycles. The van der Waals surface area contributed by atoms with Gasteiger partial charge >= 0.3 is 0 Å². The second kappa shape index (κ2) is 3.68. The van der Waals surface area contributed by atoms with E-state index in [-0.39, 0.29) is 0 Å². The Labute approximate surface area is 65.1 Å². The summed E-state index contributed by atoms with van der Waals surface area (Å²) in [5.74, 6) is 0.671. The Morgan fingerprint density at radius 1 is 1.64 bits per heavy atom. The molecule has 0 amide bonds. The van der Waals surface area contributed by atoms with Gasteiger partial charge in [-0.25, -0.2) is 10.4 Å². The van der Waals surface area contributed by atoms with E-state index in [9.17, 15) is 0 Å². The molecule has 0 aliphatic rings. The number of hydrazine groups is 1. The van der Waals surface area contributed by atoms with E-state index in [1.54, 1.807) is 19.3 Å². The molecule has 3 N–H and O–H groups in total. The van der Waals surface area contributed by atoms with Crippen molar-refractivity contribution in [2.45, 2.75) is 0 Å². The summed E-state index contributed by atoms with van der Waals surface area (Å²) < 4.78 is 0. The van der Waals surface area contributed by atoms with Gasteiger partial charge in [-0.2, -0.15) is 0 Å². The fourth-order valence-corrected chi connectivity index (χ4v) is 0.757. The summed E-state index contributed by atoms with van der Waals surface area (Å²) in [5, 5.41) is 7.03. The van der Waals surface area contributed by atoms with Crippen LogP contribution in [0.2, 0.25) is 0 Å². The van der Waals surface area contributed by atoms with Crippen LogP contribution in [0, 0.1) is 5.41 Å². The molecule has 1 aromatic heterocycles. The number of hydrogen-bond acceptors (Lipinski definition) is 4. The Hall–Kier alpha value is -1.42. The van der Waals surface area contributed by atoms with E-state index in [1.165, 1.54) is 6.21 Å². The Bertz CT molecular complexity index is 246. The molecule has 58 valence electrons. The van der Waals surface area contributed by atoms with Gasteiger partial charge < -0.3 is 10.8 Å². The van der Waals surface area contributed by atoms with Crippen LogP contribution in [0.15, 0.2) is 18.3 Å².